The van der Waals surface area contributed by atoms with Gasteiger partial charge in [-0.1, -0.05) is 83.9 Å². The quantitative estimate of drug-likeness (QED) is 0.0283. The van der Waals surface area contributed by atoms with Gasteiger partial charge < -0.3 is 50.0 Å². The highest BCUT2D eigenvalue weighted by molar-refractivity contribution is 6.32. The summed E-state index contributed by atoms with van der Waals surface area (Å²) in [6, 6.07) is 35.8. The molecule has 2 aliphatic rings. The molecule has 0 saturated heterocycles. The van der Waals surface area contributed by atoms with Gasteiger partial charge in [0, 0.05) is 49.6 Å². The van der Waals surface area contributed by atoms with Crippen LogP contribution >= 0.6 is 23.2 Å². The molecular weight excluding hydrogens is 984 g/mol. The molecule has 0 heterocycles. The maximum Gasteiger partial charge on any atom is 0.320 e. The number of aliphatic hydroxyl groups excluding tert-OH is 2. The summed E-state index contributed by atoms with van der Waals surface area (Å²) in [7, 11) is 0. The van der Waals surface area contributed by atoms with Crippen LogP contribution in [0.1, 0.15) is 106 Å². The molecule has 14 nitrogen and oxygen atoms in total. The van der Waals surface area contributed by atoms with E-state index in [1.165, 1.54) is 11.1 Å². The first-order chi connectivity index (χ1) is 36.0. The summed E-state index contributed by atoms with van der Waals surface area (Å²) >= 11 is 13.8. The lowest BCUT2D eigenvalue weighted by atomic mass is 9.87. The van der Waals surface area contributed by atoms with Crippen molar-refractivity contribution in [2.45, 2.75) is 102 Å². The van der Waals surface area contributed by atoms with Crippen LogP contribution in [0.15, 0.2) is 109 Å². The first-order valence-electron chi connectivity index (χ1n) is 24.5. The Labute approximate surface area is 439 Å². The summed E-state index contributed by atoms with van der Waals surface area (Å²) < 4.78 is 25.7. The van der Waals surface area contributed by atoms with Gasteiger partial charge >= 0.3 is 11.9 Å². The minimum atomic E-state index is -1.09. The van der Waals surface area contributed by atoms with Crippen LogP contribution in [0.5, 0.6) is 23.0 Å². The topological polar surface area (TPSA) is 224 Å². The van der Waals surface area contributed by atoms with Crippen molar-refractivity contribution in [2.75, 3.05) is 13.2 Å². The van der Waals surface area contributed by atoms with Crippen molar-refractivity contribution < 1.29 is 49.0 Å². The second-order valence-electron chi connectivity index (χ2n) is 18.4. The van der Waals surface area contributed by atoms with E-state index in [0.717, 1.165) is 59.1 Å². The number of halogens is 2. The van der Waals surface area contributed by atoms with E-state index in [9.17, 15) is 40.5 Å². The molecule has 0 aromatic heterocycles. The van der Waals surface area contributed by atoms with Gasteiger partial charge in [-0.25, -0.2) is 0 Å². The van der Waals surface area contributed by atoms with Crippen molar-refractivity contribution in [3.8, 4) is 46.3 Å². The number of aliphatic hydroxyl groups is 2. The average molecular weight is 1040 g/mol. The molecule has 8 rings (SSSR count). The molecule has 6 aromatic rings. The van der Waals surface area contributed by atoms with Crippen molar-refractivity contribution >= 4 is 35.1 Å². The molecule has 2 atom stereocenters. The molecule has 16 heteroatoms. The predicted molar refractivity (Wildman–Crippen MR) is 278 cm³/mol. The van der Waals surface area contributed by atoms with Crippen molar-refractivity contribution in [2.24, 2.45) is 0 Å². The molecule has 0 spiro atoms. The number of hydrogen-bond donors (Lipinski definition) is 6. The summed E-state index contributed by atoms with van der Waals surface area (Å²) in [5, 5.41) is 63.9. The van der Waals surface area contributed by atoms with Crippen LogP contribution in [0.4, 0.5) is 0 Å². The Morgan fingerprint density at radius 1 is 0.541 bits per heavy atom. The average Bonchev–Trinajstić information content (AvgIpc) is 4.36. The maximum atomic E-state index is 11.9. The number of ether oxygens (including phenoxy) is 4. The highest BCUT2D eigenvalue weighted by atomic mass is 35.5. The summed E-state index contributed by atoms with van der Waals surface area (Å²) in [6.07, 6.45) is 4.15. The molecule has 6 aromatic carbocycles. The zero-order valence-electron chi connectivity index (χ0n) is 40.5. The van der Waals surface area contributed by atoms with Crippen LogP contribution in [-0.4, -0.2) is 57.7 Å². The number of nitrogens with one attached hydrogen (secondary N) is 2. The van der Waals surface area contributed by atoms with Gasteiger partial charge in [0.15, 0.2) is 0 Å². The minimum Gasteiger partial charge on any atom is -0.488 e. The molecule has 0 amide bonds. The van der Waals surface area contributed by atoms with E-state index in [-0.39, 0.29) is 65.6 Å². The lowest BCUT2D eigenvalue weighted by molar-refractivity contribution is -0.140. The molecule has 0 bridgehead atoms. The summed E-state index contributed by atoms with van der Waals surface area (Å²) in [5.41, 5.74) is 10.4. The lowest BCUT2D eigenvalue weighted by Crippen LogP contribution is -2.37. The summed E-state index contributed by atoms with van der Waals surface area (Å²) in [6.45, 7) is 0.221. The molecule has 2 saturated carbocycles. The van der Waals surface area contributed by atoms with E-state index in [0.29, 0.717) is 67.1 Å². The predicted octanol–water partition coefficient (Wildman–Crippen LogP) is 10.3. The van der Waals surface area contributed by atoms with E-state index in [2.05, 4.69) is 47.0 Å². The lowest BCUT2D eigenvalue weighted by Gasteiger charge is -2.21. The SMILES string of the molecule is N#Cc1cccc(COc2cc(OCc3cccc(-c4cccc(COc5cc(OCc6cccc(C#N)c6)c(CNC(CCO)C(=O)O)cc5Cl)c4C4CC4)c3C3CC3)c(Cl)cc2CNC(CCO)C(=O)O)c1. The molecule has 74 heavy (non-hydrogen) atoms. The number of benzene rings is 6. The summed E-state index contributed by atoms with van der Waals surface area (Å²) in [4.78, 5) is 23.8. The van der Waals surface area contributed by atoms with Crippen LogP contribution < -0.4 is 29.6 Å². The molecule has 2 aliphatic carbocycles. The second-order valence-corrected chi connectivity index (χ2v) is 19.2. The Morgan fingerprint density at radius 2 is 0.932 bits per heavy atom. The normalized spacial score (nSPS) is 13.8. The highest BCUT2D eigenvalue weighted by Crippen LogP contribution is 2.51. The van der Waals surface area contributed by atoms with E-state index >= 15 is 0 Å². The zero-order chi connectivity index (χ0) is 52.1. The van der Waals surface area contributed by atoms with Gasteiger partial charge in [0.05, 0.1) is 33.3 Å². The molecule has 2 fully saturated rings. The third kappa shape index (κ3) is 13.7. The Hall–Kier alpha value is -7.14. The number of nitrogens with zero attached hydrogens (tertiary/aromatic N) is 2. The van der Waals surface area contributed by atoms with Gasteiger partial charge in [0.2, 0.25) is 0 Å². The van der Waals surface area contributed by atoms with Crippen LogP contribution in [0.3, 0.4) is 0 Å². The third-order valence-electron chi connectivity index (χ3n) is 13.1. The number of nitriles is 2. The highest BCUT2D eigenvalue weighted by Gasteiger charge is 2.34. The Kier molecular flexibility index (Phi) is 18.1. The van der Waals surface area contributed by atoms with E-state index in [1.807, 2.05) is 24.3 Å². The fraction of sp³-hybridized carbons (Fsp3) is 0.310. The molecule has 2 unspecified atom stereocenters. The summed E-state index contributed by atoms with van der Waals surface area (Å²) in [5.74, 6) is 0.0521. The van der Waals surface area contributed by atoms with E-state index in [4.69, 9.17) is 42.1 Å². The molecule has 382 valence electrons. The third-order valence-corrected chi connectivity index (χ3v) is 13.7. The monoisotopic (exact) mass is 1040 g/mol. The number of aliphatic carboxylic acids is 2. The molecule has 0 aliphatic heterocycles. The number of carbonyl (C=O) groups is 2. The van der Waals surface area contributed by atoms with Gasteiger partial charge in [0.25, 0.3) is 0 Å². The second kappa shape index (κ2) is 25.2. The van der Waals surface area contributed by atoms with Gasteiger partial charge in [0.1, 0.15) is 61.5 Å². The van der Waals surface area contributed by atoms with Crippen molar-refractivity contribution in [1.82, 2.24) is 10.6 Å². The largest absolute Gasteiger partial charge is 0.488 e. The fourth-order valence-electron chi connectivity index (χ4n) is 9.02. The number of carboxylic acids is 2. The number of hydrogen-bond acceptors (Lipinski definition) is 12. The van der Waals surface area contributed by atoms with Gasteiger partial charge in [-0.3, -0.25) is 9.59 Å². The van der Waals surface area contributed by atoms with Crippen LogP contribution in [0, 0.1) is 22.7 Å². The van der Waals surface area contributed by atoms with Crippen molar-refractivity contribution in [3.05, 3.63) is 175 Å². The van der Waals surface area contributed by atoms with Crippen molar-refractivity contribution in [3.63, 3.8) is 0 Å². The van der Waals surface area contributed by atoms with Crippen LogP contribution in [0.25, 0.3) is 11.1 Å². The fourth-order valence-corrected chi connectivity index (χ4v) is 9.50. The standard InChI is InChI=1S/C58H56Cl2N4O10/c59-47-23-43(29-63-49(17-19-65)57(67)68)51(71-31-37-7-1-5-35(21-37)27-61)25-53(47)73-33-41-9-3-11-45(55(41)39-13-14-39)46-12-4-10-42(56(46)40-15-16-40)34-74-54-26-52(72-32-38-8-2-6-36(22-38)28-62)44(24-48(54)60)30-64-50(18-20-66)58(69)70/h1-12,21-26,39-40,49-50,63-66H,13-20,29-34H2,(H,67,68)(H,69,70). The molecule has 6 N–H and O–H groups in total. The van der Waals surface area contributed by atoms with E-state index < -0.39 is 24.0 Å². The number of rotatable bonds is 27. The van der Waals surface area contributed by atoms with Gasteiger partial charge in [-0.05, 0) is 131 Å². The molecule has 0 radical (unpaired) electrons. The Balaban J connectivity index is 1.05. The van der Waals surface area contributed by atoms with Gasteiger partial charge in [-0.2, -0.15) is 10.5 Å². The maximum absolute atomic E-state index is 11.9. The van der Waals surface area contributed by atoms with Crippen LogP contribution in [0.2, 0.25) is 10.0 Å². The number of carboxylic acid groups (broad SMARTS) is 2. The first kappa shape index (κ1) is 53.2. The van der Waals surface area contributed by atoms with Crippen molar-refractivity contribution in [1.29, 1.82) is 10.5 Å². The van der Waals surface area contributed by atoms with Gasteiger partial charge in [-0.15, -0.1) is 0 Å². The first-order valence-corrected chi connectivity index (χ1v) is 25.2. The minimum absolute atomic E-state index is 0.0137. The zero-order valence-corrected chi connectivity index (χ0v) is 42.0. The van der Waals surface area contributed by atoms with Crippen LogP contribution in [-0.2, 0) is 49.1 Å². The Morgan fingerprint density at radius 3 is 1.30 bits per heavy atom. The smallest absolute Gasteiger partial charge is 0.320 e. The Bertz CT molecular complexity index is 2870. The van der Waals surface area contributed by atoms with E-state index in [1.54, 1.807) is 60.7 Å². The molecular formula is C58H56Cl2N4O10.